The lowest BCUT2D eigenvalue weighted by molar-refractivity contribution is 0.696. The predicted octanol–water partition coefficient (Wildman–Crippen LogP) is 2.18. The highest BCUT2D eigenvalue weighted by molar-refractivity contribution is 5.02. The van der Waals surface area contributed by atoms with Crippen LogP contribution in [-0.2, 0) is 0 Å². The van der Waals surface area contributed by atoms with Gasteiger partial charge in [-0.3, -0.25) is 0 Å². The van der Waals surface area contributed by atoms with Gasteiger partial charge in [-0.2, -0.15) is 10.2 Å². The topological polar surface area (TPSA) is 24.7 Å². The molecule has 0 radical (unpaired) electrons. The molecule has 1 aliphatic rings. The van der Waals surface area contributed by atoms with E-state index in [2.05, 4.69) is 30.2 Å². The van der Waals surface area contributed by atoms with E-state index in [1.165, 1.54) is 5.57 Å². The largest absolute Gasteiger partial charge is 0.190 e. The molecule has 9 heavy (non-hydrogen) atoms. The first-order valence-electron chi connectivity index (χ1n) is 3.31. The van der Waals surface area contributed by atoms with Crippen LogP contribution in [-0.4, -0.2) is 12.6 Å². The van der Waals surface area contributed by atoms with Crippen LogP contribution < -0.4 is 0 Å². The van der Waals surface area contributed by atoms with Crippen LogP contribution in [0.2, 0.25) is 0 Å². The molecule has 50 valence electrons. The summed E-state index contributed by atoms with van der Waals surface area (Å²) < 4.78 is 0. The average Bonchev–Trinajstić information content (AvgIpc) is 1.93. The van der Waals surface area contributed by atoms with E-state index in [0.717, 1.165) is 13.0 Å². The molecule has 0 bridgehead atoms. The fourth-order valence-corrected chi connectivity index (χ4v) is 0.973. The van der Waals surface area contributed by atoms with Gasteiger partial charge in [0, 0.05) is 0 Å². The number of rotatable bonds is 0. The van der Waals surface area contributed by atoms with E-state index in [9.17, 15) is 0 Å². The average molecular weight is 124 g/mol. The minimum absolute atomic E-state index is 0.392. The standard InChI is InChI=1S/C7H12N2/c1-6-3-4-8-9-7(2)5-6/h3,7H,4-5H2,1-2H3. The highest BCUT2D eigenvalue weighted by atomic mass is 15.1. The lowest BCUT2D eigenvalue weighted by Gasteiger charge is -1.99. The van der Waals surface area contributed by atoms with Crippen molar-refractivity contribution in [2.24, 2.45) is 10.2 Å². The molecule has 0 fully saturated rings. The highest BCUT2D eigenvalue weighted by Crippen LogP contribution is 2.10. The van der Waals surface area contributed by atoms with Crippen molar-refractivity contribution < 1.29 is 0 Å². The van der Waals surface area contributed by atoms with Crippen LogP contribution in [0.15, 0.2) is 21.9 Å². The Kier molecular flexibility index (Phi) is 1.98. The van der Waals surface area contributed by atoms with Gasteiger partial charge >= 0.3 is 0 Å². The SMILES string of the molecule is CC1=CCN=NC(C)C1. The van der Waals surface area contributed by atoms with Crippen molar-refractivity contribution in [2.45, 2.75) is 26.3 Å². The first-order valence-corrected chi connectivity index (χ1v) is 3.31. The molecule has 1 unspecified atom stereocenters. The zero-order chi connectivity index (χ0) is 6.69. The summed E-state index contributed by atoms with van der Waals surface area (Å²) >= 11 is 0. The zero-order valence-corrected chi connectivity index (χ0v) is 5.96. The van der Waals surface area contributed by atoms with Crippen molar-refractivity contribution in [3.8, 4) is 0 Å². The van der Waals surface area contributed by atoms with Crippen LogP contribution in [0.4, 0.5) is 0 Å². The molecule has 2 heteroatoms. The summed E-state index contributed by atoms with van der Waals surface area (Å²) in [5.74, 6) is 0. The third-order valence-corrected chi connectivity index (χ3v) is 1.42. The van der Waals surface area contributed by atoms with Crippen LogP contribution in [0.5, 0.6) is 0 Å². The molecule has 1 rings (SSSR count). The van der Waals surface area contributed by atoms with Crippen molar-refractivity contribution in [3.05, 3.63) is 11.6 Å². The predicted molar refractivity (Wildman–Crippen MR) is 37.6 cm³/mol. The quantitative estimate of drug-likeness (QED) is 0.442. The Labute approximate surface area is 55.7 Å². The maximum Gasteiger partial charge on any atom is 0.0782 e. The monoisotopic (exact) mass is 124 g/mol. The van der Waals surface area contributed by atoms with Gasteiger partial charge in [-0.15, -0.1) is 0 Å². The van der Waals surface area contributed by atoms with Crippen LogP contribution in [0.1, 0.15) is 20.3 Å². The fourth-order valence-electron chi connectivity index (χ4n) is 0.973. The summed E-state index contributed by atoms with van der Waals surface area (Å²) in [6, 6.07) is 0.392. The maximum atomic E-state index is 4.05. The Morgan fingerprint density at radius 1 is 1.67 bits per heavy atom. The van der Waals surface area contributed by atoms with Gasteiger partial charge in [0.05, 0.1) is 12.6 Å². The normalized spacial score (nSPS) is 27.3. The van der Waals surface area contributed by atoms with Crippen molar-refractivity contribution in [2.75, 3.05) is 6.54 Å². The Morgan fingerprint density at radius 3 is 3.22 bits per heavy atom. The Morgan fingerprint density at radius 2 is 2.44 bits per heavy atom. The van der Waals surface area contributed by atoms with Gasteiger partial charge in [-0.1, -0.05) is 11.6 Å². The van der Waals surface area contributed by atoms with E-state index in [1.807, 2.05) is 0 Å². The van der Waals surface area contributed by atoms with Crippen molar-refractivity contribution in [1.29, 1.82) is 0 Å². The molecule has 2 nitrogen and oxygen atoms in total. The van der Waals surface area contributed by atoms with Gasteiger partial charge in [0.2, 0.25) is 0 Å². The second-order valence-corrected chi connectivity index (χ2v) is 2.54. The molecule has 0 saturated heterocycles. The van der Waals surface area contributed by atoms with E-state index in [4.69, 9.17) is 0 Å². The second-order valence-electron chi connectivity index (χ2n) is 2.54. The minimum atomic E-state index is 0.392. The Hall–Kier alpha value is -0.660. The summed E-state index contributed by atoms with van der Waals surface area (Å²) in [7, 11) is 0. The molecular weight excluding hydrogens is 112 g/mol. The van der Waals surface area contributed by atoms with E-state index >= 15 is 0 Å². The highest BCUT2D eigenvalue weighted by Gasteiger charge is 2.01. The van der Waals surface area contributed by atoms with Crippen LogP contribution in [0.25, 0.3) is 0 Å². The summed E-state index contributed by atoms with van der Waals surface area (Å²) in [6.07, 6.45) is 3.20. The number of hydrogen-bond donors (Lipinski definition) is 0. The van der Waals surface area contributed by atoms with E-state index in [0.29, 0.717) is 6.04 Å². The molecule has 0 amide bonds. The van der Waals surface area contributed by atoms with Gasteiger partial charge < -0.3 is 0 Å². The number of azo groups is 1. The number of hydrogen-bond acceptors (Lipinski definition) is 2. The molecule has 0 saturated carbocycles. The molecule has 0 N–H and O–H groups in total. The maximum absolute atomic E-state index is 4.05. The van der Waals surface area contributed by atoms with Crippen molar-refractivity contribution in [1.82, 2.24) is 0 Å². The second kappa shape index (κ2) is 2.76. The molecule has 1 aliphatic heterocycles. The molecular formula is C7H12N2. The lowest BCUT2D eigenvalue weighted by atomic mass is 10.1. The molecule has 0 spiro atoms. The van der Waals surface area contributed by atoms with Gasteiger partial charge in [-0.05, 0) is 20.3 Å². The van der Waals surface area contributed by atoms with Gasteiger partial charge in [-0.25, -0.2) is 0 Å². The van der Waals surface area contributed by atoms with Crippen molar-refractivity contribution >= 4 is 0 Å². The summed E-state index contributed by atoms with van der Waals surface area (Å²) in [6.45, 7) is 5.00. The fraction of sp³-hybridized carbons (Fsp3) is 0.714. The van der Waals surface area contributed by atoms with Crippen LogP contribution >= 0.6 is 0 Å². The van der Waals surface area contributed by atoms with E-state index < -0.39 is 0 Å². The molecule has 0 aromatic carbocycles. The van der Waals surface area contributed by atoms with Crippen LogP contribution in [0.3, 0.4) is 0 Å². The van der Waals surface area contributed by atoms with Gasteiger partial charge in [0.15, 0.2) is 0 Å². The smallest absolute Gasteiger partial charge is 0.0782 e. The lowest BCUT2D eigenvalue weighted by Crippen LogP contribution is -1.94. The zero-order valence-electron chi connectivity index (χ0n) is 5.96. The van der Waals surface area contributed by atoms with E-state index in [1.54, 1.807) is 0 Å². The van der Waals surface area contributed by atoms with Crippen LogP contribution in [0, 0.1) is 0 Å². The van der Waals surface area contributed by atoms with Crippen molar-refractivity contribution in [3.63, 3.8) is 0 Å². The van der Waals surface area contributed by atoms with Gasteiger partial charge in [0.25, 0.3) is 0 Å². The third kappa shape index (κ3) is 1.96. The third-order valence-electron chi connectivity index (χ3n) is 1.42. The molecule has 0 aliphatic carbocycles. The molecule has 1 atom stereocenters. The Balaban J connectivity index is 2.58. The molecule has 0 aromatic rings. The van der Waals surface area contributed by atoms with E-state index in [-0.39, 0.29) is 0 Å². The summed E-state index contributed by atoms with van der Waals surface area (Å²) in [5, 5.41) is 8.00. The summed E-state index contributed by atoms with van der Waals surface area (Å²) in [5.41, 5.74) is 1.41. The summed E-state index contributed by atoms with van der Waals surface area (Å²) in [4.78, 5) is 0. The first-order chi connectivity index (χ1) is 4.29. The number of nitrogens with zero attached hydrogens (tertiary/aromatic N) is 2. The first kappa shape index (κ1) is 6.46. The Bertz CT molecular complexity index is 147. The minimum Gasteiger partial charge on any atom is -0.190 e. The molecule has 1 heterocycles. The van der Waals surface area contributed by atoms with Gasteiger partial charge in [0.1, 0.15) is 0 Å². The molecule has 0 aromatic heterocycles.